The third-order valence-electron chi connectivity index (χ3n) is 5.33. The zero-order chi connectivity index (χ0) is 22.6. The summed E-state index contributed by atoms with van der Waals surface area (Å²) < 4.78 is 10.8. The summed E-state index contributed by atoms with van der Waals surface area (Å²) in [7, 11) is 0. The van der Waals surface area contributed by atoms with E-state index in [4.69, 9.17) is 9.47 Å². The van der Waals surface area contributed by atoms with Gasteiger partial charge in [-0.15, -0.1) is 0 Å². The largest absolute Gasteiger partial charge is 0.454 e. The van der Waals surface area contributed by atoms with E-state index in [1.54, 1.807) is 11.8 Å². The van der Waals surface area contributed by atoms with Gasteiger partial charge in [-0.2, -0.15) is 0 Å². The Morgan fingerprint density at radius 2 is 1.81 bits per heavy atom. The zero-order valence-corrected chi connectivity index (χ0v) is 19.0. The van der Waals surface area contributed by atoms with Crippen LogP contribution in [0.2, 0.25) is 0 Å². The van der Waals surface area contributed by atoms with Crippen molar-refractivity contribution < 1.29 is 19.1 Å². The summed E-state index contributed by atoms with van der Waals surface area (Å²) in [5.74, 6) is 1.22. The highest BCUT2D eigenvalue weighted by Crippen LogP contribution is 2.32. The molecule has 166 valence electrons. The maximum absolute atomic E-state index is 13.3. The Labute approximate surface area is 184 Å². The summed E-state index contributed by atoms with van der Waals surface area (Å²) in [6, 6.07) is 13.1. The van der Waals surface area contributed by atoms with Crippen molar-refractivity contribution in [2.24, 2.45) is 0 Å². The Kier molecular flexibility index (Phi) is 6.88. The second kappa shape index (κ2) is 9.41. The normalized spacial score (nSPS) is 13.6. The van der Waals surface area contributed by atoms with Gasteiger partial charge in [-0.05, 0) is 69.9 Å². The number of aryl methyl sites for hydroxylation is 2. The first-order valence-electron chi connectivity index (χ1n) is 10.7. The molecule has 0 bridgehead atoms. The van der Waals surface area contributed by atoms with Gasteiger partial charge in [0, 0.05) is 18.5 Å². The van der Waals surface area contributed by atoms with E-state index in [9.17, 15) is 9.59 Å². The fraction of sp³-hybridized carbons (Fsp3) is 0.440. The van der Waals surface area contributed by atoms with Crippen LogP contribution in [0.25, 0.3) is 0 Å². The van der Waals surface area contributed by atoms with Gasteiger partial charge in [0.1, 0.15) is 6.04 Å². The Morgan fingerprint density at radius 1 is 1.10 bits per heavy atom. The van der Waals surface area contributed by atoms with Gasteiger partial charge in [-0.1, -0.05) is 30.3 Å². The van der Waals surface area contributed by atoms with Crippen LogP contribution in [0.1, 0.15) is 50.8 Å². The van der Waals surface area contributed by atoms with Gasteiger partial charge in [0.05, 0.1) is 0 Å². The predicted molar refractivity (Wildman–Crippen MR) is 120 cm³/mol. The second-order valence-electron chi connectivity index (χ2n) is 9.05. The minimum absolute atomic E-state index is 0.0579. The molecule has 6 heteroatoms. The lowest BCUT2D eigenvalue weighted by atomic mass is 10.0. The lowest BCUT2D eigenvalue weighted by molar-refractivity contribution is -0.141. The second-order valence-corrected chi connectivity index (χ2v) is 9.05. The standard InChI is InChI=1S/C25H32N2O4/c1-17-8-6-7-9-20(17)15-27(18(2)24(29)26-25(3,4)5)23(28)13-11-19-10-12-21-22(14-19)31-16-30-21/h6-10,12,14,18H,11,13,15-16H2,1-5H3,(H,26,29)/t18-/m1/s1. The smallest absolute Gasteiger partial charge is 0.242 e. The van der Waals surface area contributed by atoms with Gasteiger partial charge in [-0.3, -0.25) is 9.59 Å². The number of carbonyl (C=O) groups is 2. The van der Waals surface area contributed by atoms with Crippen molar-refractivity contribution in [3.8, 4) is 11.5 Å². The SMILES string of the molecule is Cc1ccccc1CN(C(=O)CCc1ccc2c(c1)OCO2)[C@H](C)C(=O)NC(C)(C)C. The number of ether oxygens (including phenoxy) is 2. The van der Waals surface area contributed by atoms with Crippen molar-refractivity contribution in [2.75, 3.05) is 6.79 Å². The lowest BCUT2D eigenvalue weighted by Crippen LogP contribution is -2.52. The van der Waals surface area contributed by atoms with Crippen LogP contribution in [-0.2, 0) is 22.6 Å². The first-order valence-corrected chi connectivity index (χ1v) is 10.7. The van der Waals surface area contributed by atoms with E-state index in [0.717, 1.165) is 22.4 Å². The molecule has 1 aliphatic heterocycles. The van der Waals surface area contributed by atoms with E-state index in [2.05, 4.69) is 5.32 Å². The van der Waals surface area contributed by atoms with Crippen molar-refractivity contribution in [2.45, 2.75) is 65.6 Å². The van der Waals surface area contributed by atoms with Gasteiger partial charge in [0.25, 0.3) is 0 Å². The molecule has 2 aromatic rings. The minimum Gasteiger partial charge on any atom is -0.454 e. The molecular weight excluding hydrogens is 392 g/mol. The summed E-state index contributed by atoms with van der Waals surface area (Å²) in [6.45, 7) is 10.2. The summed E-state index contributed by atoms with van der Waals surface area (Å²) >= 11 is 0. The molecule has 31 heavy (non-hydrogen) atoms. The number of nitrogens with one attached hydrogen (secondary N) is 1. The highest BCUT2D eigenvalue weighted by atomic mass is 16.7. The van der Waals surface area contributed by atoms with E-state index in [0.29, 0.717) is 25.1 Å². The molecule has 0 fully saturated rings. The number of hydrogen-bond donors (Lipinski definition) is 1. The highest BCUT2D eigenvalue weighted by Gasteiger charge is 2.28. The van der Waals surface area contributed by atoms with Crippen molar-refractivity contribution in [3.63, 3.8) is 0 Å². The summed E-state index contributed by atoms with van der Waals surface area (Å²) in [4.78, 5) is 27.8. The molecule has 0 aromatic heterocycles. The molecule has 0 saturated heterocycles. The van der Waals surface area contributed by atoms with Crippen LogP contribution in [0.15, 0.2) is 42.5 Å². The molecule has 1 atom stereocenters. The molecule has 6 nitrogen and oxygen atoms in total. The van der Waals surface area contributed by atoms with E-state index >= 15 is 0 Å². The molecular formula is C25H32N2O4. The Bertz CT molecular complexity index is 949. The van der Waals surface area contributed by atoms with Crippen molar-refractivity contribution in [1.29, 1.82) is 0 Å². The van der Waals surface area contributed by atoms with Crippen LogP contribution >= 0.6 is 0 Å². The maximum atomic E-state index is 13.3. The molecule has 0 radical (unpaired) electrons. The maximum Gasteiger partial charge on any atom is 0.242 e. The zero-order valence-electron chi connectivity index (χ0n) is 19.0. The average molecular weight is 425 g/mol. The third-order valence-corrected chi connectivity index (χ3v) is 5.33. The number of carbonyl (C=O) groups excluding carboxylic acids is 2. The fourth-order valence-corrected chi connectivity index (χ4v) is 3.52. The van der Waals surface area contributed by atoms with E-state index in [-0.39, 0.29) is 24.1 Å². The minimum atomic E-state index is -0.580. The molecule has 2 amide bonds. The Balaban J connectivity index is 1.74. The van der Waals surface area contributed by atoms with Gasteiger partial charge in [0.2, 0.25) is 18.6 Å². The van der Waals surface area contributed by atoms with Gasteiger partial charge in [0.15, 0.2) is 11.5 Å². The van der Waals surface area contributed by atoms with Gasteiger partial charge < -0.3 is 19.7 Å². The van der Waals surface area contributed by atoms with Crippen LogP contribution < -0.4 is 14.8 Å². The molecule has 0 saturated carbocycles. The molecule has 1 heterocycles. The van der Waals surface area contributed by atoms with Crippen molar-refractivity contribution in [1.82, 2.24) is 10.2 Å². The van der Waals surface area contributed by atoms with Gasteiger partial charge >= 0.3 is 0 Å². The Hall–Kier alpha value is -3.02. The lowest BCUT2D eigenvalue weighted by Gasteiger charge is -2.32. The van der Waals surface area contributed by atoms with E-state index in [1.165, 1.54) is 0 Å². The van der Waals surface area contributed by atoms with Crippen molar-refractivity contribution in [3.05, 3.63) is 59.2 Å². The van der Waals surface area contributed by atoms with Crippen LogP contribution in [0.4, 0.5) is 0 Å². The van der Waals surface area contributed by atoms with Gasteiger partial charge in [-0.25, -0.2) is 0 Å². The third kappa shape index (κ3) is 6.00. The fourth-order valence-electron chi connectivity index (χ4n) is 3.52. The monoisotopic (exact) mass is 424 g/mol. The number of nitrogens with zero attached hydrogens (tertiary/aromatic N) is 1. The molecule has 2 aromatic carbocycles. The number of rotatable bonds is 7. The number of benzene rings is 2. The van der Waals surface area contributed by atoms with Crippen LogP contribution in [0.5, 0.6) is 11.5 Å². The quantitative estimate of drug-likeness (QED) is 0.730. The summed E-state index contributed by atoms with van der Waals surface area (Å²) in [5, 5.41) is 2.99. The molecule has 0 aliphatic carbocycles. The molecule has 0 spiro atoms. The summed E-state index contributed by atoms with van der Waals surface area (Å²) in [5.41, 5.74) is 2.77. The highest BCUT2D eigenvalue weighted by molar-refractivity contribution is 5.87. The first kappa shape index (κ1) is 22.7. The molecule has 1 N–H and O–H groups in total. The Morgan fingerprint density at radius 3 is 2.52 bits per heavy atom. The van der Waals surface area contributed by atoms with Crippen LogP contribution in [0.3, 0.4) is 0 Å². The van der Waals surface area contributed by atoms with Crippen LogP contribution in [-0.4, -0.2) is 35.1 Å². The van der Waals surface area contributed by atoms with E-state index < -0.39 is 6.04 Å². The van der Waals surface area contributed by atoms with E-state index in [1.807, 2.05) is 70.2 Å². The molecule has 0 unspecified atom stereocenters. The number of amides is 2. The topological polar surface area (TPSA) is 67.9 Å². The predicted octanol–water partition coefficient (Wildman–Crippen LogP) is 3.99. The number of hydrogen-bond acceptors (Lipinski definition) is 4. The molecule has 3 rings (SSSR count). The van der Waals surface area contributed by atoms with Crippen molar-refractivity contribution >= 4 is 11.8 Å². The average Bonchev–Trinajstić information content (AvgIpc) is 3.17. The molecule has 1 aliphatic rings. The summed E-state index contributed by atoms with van der Waals surface area (Å²) in [6.07, 6.45) is 0.867. The first-order chi connectivity index (χ1) is 14.6. The van der Waals surface area contributed by atoms with Crippen LogP contribution in [0, 0.1) is 6.92 Å². The number of fused-ring (bicyclic) bond motifs is 1.